The normalized spacial score (nSPS) is 16.0. The Morgan fingerprint density at radius 3 is 2.57 bits per heavy atom. The number of hydrogen-bond donors (Lipinski definition) is 0. The first-order chi connectivity index (χ1) is 13.4. The van der Waals surface area contributed by atoms with Gasteiger partial charge in [-0.3, -0.25) is 4.98 Å². The number of hydrogen-bond acceptors (Lipinski definition) is 3. The molecule has 2 aromatic heterocycles. The van der Waals surface area contributed by atoms with E-state index in [1.165, 1.54) is 39.4 Å². The fourth-order valence-corrected chi connectivity index (χ4v) is 4.46. The molecule has 0 saturated carbocycles. The van der Waals surface area contributed by atoms with Crippen LogP contribution in [0.15, 0.2) is 55.0 Å². The molecule has 0 amide bonds. The monoisotopic (exact) mass is 373 g/mol. The molecular formula is C24H29N4+. The van der Waals surface area contributed by atoms with Crippen molar-refractivity contribution >= 4 is 17.1 Å². The maximum absolute atomic E-state index is 4.42. The van der Waals surface area contributed by atoms with Crippen LogP contribution in [0.25, 0.3) is 11.3 Å². The van der Waals surface area contributed by atoms with E-state index < -0.39 is 0 Å². The highest BCUT2D eigenvalue weighted by Gasteiger charge is 2.36. The van der Waals surface area contributed by atoms with E-state index in [1.807, 2.05) is 12.4 Å². The molecule has 1 atom stereocenters. The van der Waals surface area contributed by atoms with Crippen molar-refractivity contribution in [3.63, 3.8) is 0 Å². The molecule has 144 valence electrons. The van der Waals surface area contributed by atoms with Crippen molar-refractivity contribution in [2.45, 2.75) is 46.8 Å². The van der Waals surface area contributed by atoms with E-state index in [4.69, 9.17) is 0 Å². The van der Waals surface area contributed by atoms with Gasteiger partial charge in [-0.05, 0) is 63.9 Å². The lowest BCUT2D eigenvalue weighted by molar-refractivity contribution is -0.660. The molecule has 0 unspecified atom stereocenters. The summed E-state index contributed by atoms with van der Waals surface area (Å²) in [6.45, 7) is 11.2. The molecule has 28 heavy (non-hydrogen) atoms. The molecule has 3 heterocycles. The Kier molecular flexibility index (Phi) is 4.58. The Balaban J connectivity index is 1.88. The van der Waals surface area contributed by atoms with Crippen molar-refractivity contribution in [3.05, 3.63) is 66.1 Å². The van der Waals surface area contributed by atoms with Gasteiger partial charge in [0.25, 0.3) is 0 Å². The average Bonchev–Trinajstić information content (AvgIpc) is 2.96. The molecule has 1 aliphatic rings. The number of pyridine rings is 2. The van der Waals surface area contributed by atoms with E-state index in [9.17, 15) is 0 Å². The first kappa shape index (κ1) is 18.5. The van der Waals surface area contributed by atoms with E-state index >= 15 is 0 Å². The number of fused-ring (bicyclic) bond motifs is 1. The minimum atomic E-state index is 0.236. The lowest BCUT2D eigenvalue weighted by atomic mass is 10.0. The number of anilines is 3. The summed E-state index contributed by atoms with van der Waals surface area (Å²) in [6, 6.07) is 13.6. The van der Waals surface area contributed by atoms with E-state index in [0.29, 0.717) is 6.04 Å². The minimum absolute atomic E-state index is 0.236. The third-order valence-corrected chi connectivity index (χ3v) is 5.79. The molecule has 1 aromatic carbocycles. The third-order valence-electron chi connectivity index (χ3n) is 5.79. The highest BCUT2D eigenvalue weighted by Crippen LogP contribution is 2.46. The SMILES string of the molecule is Cc1cc[n+](C)c(-c2cccc(N3c4cnccc4N(C(C)C)[C@H]3C)c2C)c1. The fourth-order valence-electron chi connectivity index (χ4n) is 4.46. The van der Waals surface area contributed by atoms with Crippen LogP contribution in [0.1, 0.15) is 31.9 Å². The Hall–Kier alpha value is -2.88. The van der Waals surface area contributed by atoms with Crippen molar-refractivity contribution in [2.75, 3.05) is 9.80 Å². The van der Waals surface area contributed by atoms with Gasteiger partial charge in [-0.25, -0.2) is 4.57 Å². The Morgan fingerprint density at radius 2 is 1.82 bits per heavy atom. The van der Waals surface area contributed by atoms with Gasteiger partial charge >= 0.3 is 0 Å². The number of benzene rings is 1. The number of aromatic nitrogens is 2. The van der Waals surface area contributed by atoms with Gasteiger partial charge in [-0.1, -0.05) is 6.07 Å². The topological polar surface area (TPSA) is 23.2 Å². The second kappa shape index (κ2) is 6.93. The van der Waals surface area contributed by atoms with E-state index in [2.05, 4.69) is 104 Å². The zero-order chi connectivity index (χ0) is 20.0. The van der Waals surface area contributed by atoms with Gasteiger partial charge in [0.2, 0.25) is 5.69 Å². The van der Waals surface area contributed by atoms with Gasteiger partial charge in [0, 0.05) is 30.1 Å². The van der Waals surface area contributed by atoms with E-state index in [0.717, 1.165) is 0 Å². The van der Waals surface area contributed by atoms with Crippen molar-refractivity contribution in [2.24, 2.45) is 7.05 Å². The quantitative estimate of drug-likeness (QED) is 0.610. The van der Waals surface area contributed by atoms with Crippen LogP contribution in [-0.2, 0) is 7.05 Å². The van der Waals surface area contributed by atoms with Gasteiger partial charge < -0.3 is 9.80 Å². The molecule has 0 radical (unpaired) electrons. The smallest absolute Gasteiger partial charge is 0.212 e. The van der Waals surface area contributed by atoms with Crippen LogP contribution >= 0.6 is 0 Å². The van der Waals surface area contributed by atoms with Gasteiger partial charge in [-0.15, -0.1) is 0 Å². The summed E-state index contributed by atoms with van der Waals surface area (Å²) < 4.78 is 2.20. The molecule has 0 aliphatic carbocycles. The number of rotatable bonds is 3. The Labute approximate surface area is 168 Å². The third kappa shape index (κ3) is 2.84. The summed E-state index contributed by atoms with van der Waals surface area (Å²) in [5.74, 6) is 0. The first-order valence-corrected chi connectivity index (χ1v) is 9.98. The molecule has 0 N–H and O–H groups in total. The second-order valence-electron chi connectivity index (χ2n) is 8.02. The van der Waals surface area contributed by atoms with E-state index in [-0.39, 0.29) is 6.17 Å². The van der Waals surface area contributed by atoms with Crippen LogP contribution in [0, 0.1) is 13.8 Å². The van der Waals surface area contributed by atoms with Crippen LogP contribution in [-0.4, -0.2) is 17.2 Å². The summed E-state index contributed by atoms with van der Waals surface area (Å²) in [6.07, 6.45) is 6.25. The van der Waals surface area contributed by atoms with Crippen molar-refractivity contribution < 1.29 is 4.57 Å². The fraction of sp³-hybridized carbons (Fsp3) is 0.333. The molecule has 0 bridgehead atoms. The molecule has 4 heteroatoms. The lowest BCUT2D eigenvalue weighted by Crippen LogP contribution is -2.42. The summed E-state index contributed by atoms with van der Waals surface area (Å²) in [4.78, 5) is 9.32. The first-order valence-electron chi connectivity index (χ1n) is 9.98. The molecule has 0 saturated heterocycles. The Bertz CT molecular complexity index is 1020. The maximum atomic E-state index is 4.42. The zero-order valence-electron chi connectivity index (χ0n) is 17.6. The molecule has 0 fully saturated rings. The average molecular weight is 374 g/mol. The standard InChI is InChI=1S/C24H29N4/c1-16(2)27-19(5)28(24-15-25-12-10-22(24)27)21-9-7-8-20(18(21)4)23-14-17(3)11-13-26(23)6/h7-16,19H,1-6H3/q+1/t19-/m1/s1. The lowest BCUT2D eigenvalue weighted by Gasteiger charge is -2.33. The zero-order valence-corrected chi connectivity index (χ0v) is 17.6. The van der Waals surface area contributed by atoms with Crippen molar-refractivity contribution in [1.82, 2.24) is 4.98 Å². The van der Waals surface area contributed by atoms with E-state index in [1.54, 1.807) is 0 Å². The summed E-state index contributed by atoms with van der Waals surface area (Å²) in [7, 11) is 2.11. The summed E-state index contributed by atoms with van der Waals surface area (Å²) in [5.41, 5.74) is 8.73. The van der Waals surface area contributed by atoms with Crippen molar-refractivity contribution in [1.29, 1.82) is 0 Å². The molecular weight excluding hydrogens is 344 g/mol. The molecule has 1 aliphatic heterocycles. The predicted octanol–water partition coefficient (Wildman–Crippen LogP) is 4.90. The minimum Gasteiger partial charge on any atom is -0.347 e. The highest BCUT2D eigenvalue weighted by atomic mass is 15.4. The van der Waals surface area contributed by atoms with Crippen molar-refractivity contribution in [3.8, 4) is 11.3 Å². The molecule has 0 spiro atoms. The second-order valence-corrected chi connectivity index (χ2v) is 8.02. The van der Waals surface area contributed by atoms with Crippen LogP contribution in [0.4, 0.5) is 17.1 Å². The number of aryl methyl sites for hydroxylation is 2. The molecule has 3 aromatic rings. The maximum Gasteiger partial charge on any atom is 0.212 e. The van der Waals surface area contributed by atoms with Crippen LogP contribution < -0.4 is 14.4 Å². The van der Waals surface area contributed by atoms with Gasteiger partial charge in [0.05, 0.1) is 23.1 Å². The number of nitrogens with zero attached hydrogens (tertiary/aromatic N) is 4. The predicted molar refractivity (Wildman–Crippen MR) is 116 cm³/mol. The Morgan fingerprint density at radius 1 is 1.04 bits per heavy atom. The molecule has 4 nitrogen and oxygen atoms in total. The largest absolute Gasteiger partial charge is 0.347 e. The van der Waals surface area contributed by atoms with Gasteiger partial charge in [0.1, 0.15) is 13.2 Å². The highest BCUT2D eigenvalue weighted by molar-refractivity contribution is 5.86. The van der Waals surface area contributed by atoms with Crippen LogP contribution in [0.3, 0.4) is 0 Å². The van der Waals surface area contributed by atoms with Gasteiger partial charge in [0.15, 0.2) is 6.20 Å². The summed E-state index contributed by atoms with van der Waals surface area (Å²) >= 11 is 0. The van der Waals surface area contributed by atoms with Gasteiger partial charge in [-0.2, -0.15) is 0 Å². The molecule has 4 rings (SSSR count). The van der Waals surface area contributed by atoms with Crippen LogP contribution in [0.2, 0.25) is 0 Å². The van der Waals surface area contributed by atoms with Crippen LogP contribution in [0.5, 0.6) is 0 Å². The summed E-state index contributed by atoms with van der Waals surface area (Å²) in [5, 5.41) is 0.